The molecule has 130 valence electrons. The van der Waals surface area contributed by atoms with E-state index in [4.69, 9.17) is 14.4 Å². The van der Waals surface area contributed by atoms with E-state index in [0.29, 0.717) is 11.3 Å². The molecule has 0 saturated carbocycles. The average Bonchev–Trinajstić information content (AvgIpc) is 2.61. The zero-order chi connectivity index (χ0) is 18.7. The fraction of sp³-hybridized carbons (Fsp3) is 0.158. The molecular weight excluding hydrogens is 336 g/mol. The van der Waals surface area contributed by atoms with Crippen LogP contribution in [0.1, 0.15) is 24.5 Å². The summed E-state index contributed by atoms with van der Waals surface area (Å²) >= 11 is 0. The molecule has 0 aliphatic heterocycles. The Kier molecular flexibility index (Phi) is 4.67. The first-order chi connectivity index (χ1) is 12.5. The Morgan fingerprint density at radius 3 is 2.73 bits per heavy atom. The van der Waals surface area contributed by atoms with Crippen LogP contribution in [0.2, 0.25) is 0 Å². The molecule has 0 atom stereocenters. The van der Waals surface area contributed by atoms with Gasteiger partial charge in [0.15, 0.2) is 0 Å². The highest BCUT2D eigenvalue weighted by Crippen LogP contribution is 2.33. The second-order valence-electron chi connectivity index (χ2n) is 5.65. The molecule has 0 bridgehead atoms. The van der Waals surface area contributed by atoms with Crippen molar-refractivity contribution in [1.29, 1.82) is 5.26 Å². The summed E-state index contributed by atoms with van der Waals surface area (Å²) in [5.41, 5.74) is 0.634. The van der Waals surface area contributed by atoms with Crippen LogP contribution in [0.25, 0.3) is 11.0 Å². The lowest BCUT2D eigenvalue weighted by atomic mass is 10.1. The van der Waals surface area contributed by atoms with Crippen LogP contribution in [0.3, 0.4) is 0 Å². The molecule has 0 aliphatic rings. The number of ether oxygens (including phenoxy) is 1. The normalized spacial score (nSPS) is 10.5. The number of rotatable bonds is 5. The first-order valence-corrected chi connectivity index (χ1v) is 7.95. The van der Waals surface area contributed by atoms with Crippen molar-refractivity contribution >= 4 is 16.7 Å². The number of benzene rings is 2. The largest absolute Gasteiger partial charge is 0.450 e. The van der Waals surface area contributed by atoms with Crippen molar-refractivity contribution < 1.29 is 14.1 Å². The number of hydrogen-bond donors (Lipinski definition) is 0. The number of aryl methyl sites for hydroxylation is 1. The highest BCUT2D eigenvalue weighted by Gasteiger charge is 2.17. The van der Waals surface area contributed by atoms with E-state index in [-0.39, 0.29) is 17.0 Å². The fourth-order valence-corrected chi connectivity index (χ4v) is 2.69. The summed E-state index contributed by atoms with van der Waals surface area (Å²) in [7, 11) is 0. The van der Waals surface area contributed by atoms with Gasteiger partial charge in [0, 0.05) is 23.6 Å². The van der Waals surface area contributed by atoms with Gasteiger partial charge in [-0.2, -0.15) is 5.26 Å². The van der Waals surface area contributed by atoms with Crippen LogP contribution in [0, 0.1) is 21.4 Å². The molecule has 0 aliphatic carbocycles. The van der Waals surface area contributed by atoms with Gasteiger partial charge in [0.05, 0.1) is 16.6 Å². The quantitative estimate of drug-likeness (QED) is 0.385. The molecule has 0 saturated heterocycles. The molecule has 0 radical (unpaired) electrons. The standard InChI is InChI=1S/C19H14N2O5/c1-2-3-13-9-19(22)26-18-10-14(5-6-15(13)18)25-17-7-4-12(11-20)8-16(17)21(23)24/h4-10H,2-3H2,1H3. The van der Waals surface area contributed by atoms with E-state index in [1.165, 1.54) is 24.3 Å². The number of fused-ring (bicyclic) bond motifs is 1. The van der Waals surface area contributed by atoms with Gasteiger partial charge in [0.1, 0.15) is 11.3 Å². The number of nitriles is 1. The molecule has 3 aromatic rings. The Morgan fingerprint density at radius 2 is 2.04 bits per heavy atom. The van der Waals surface area contributed by atoms with Gasteiger partial charge in [-0.15, -0.1) is 0 Å². The highest BCUT2D eigenvalue weighted by atomic mass is 16.6. The van der Waals surface area contributed by atoms with E-state index < -0.39 is 10.5 Å². The molecule has 0 fully saturated rings. The summed E-state index contributed by atoms with van der Waals surface area (Å²) < 4.78 is 10.8. The van der Waals surface area contributed by atoms with Crippen LogP contribution in [-0.2, 0) is 6.42 Å². The molecular formula is C19H14N2O5. The van der Waals surface area contributed by atoms with Crippen LogP contribution in [-0.4, -0.2) is 4.92 Å². The number of nitro groups is 1. The SMILES string of the molecule is CCCc1cc(=O)oc2cc(Oc3ccc(C#N)cc3[N+](=O)[O-])ccc12. The summed E-state index contributed by atoms with van der Waals surface area (Å²) in [4.78, 5) is 22.3. The maximum atomic E-state index is 11.7. The predicted octanol–water partition coefficient (Wildman–Crippen LogP) is 4.32. The van der Waals surface area contributed by atoms with Gasteiger partial charge in [-0.05, 0) is 36.2 Å². The van der Waals surface area contributed by atoms with E-state index in [1.807, 2.05) is 13.0 Å². The summed E-state index contributed by atoms with van der Waals surface area (Å²) in [6.45, 7) is 2.02. The molecule has 0 N–H and O–H groups in total. The van der Waals surface area contributed by atoms with Crippen molar-refractivity contribution in [2.45, 2.75) is 19.8 Å². The van der Waals surface area contributed by atoms with Crippen molar-refractivity contribution in [2.24, 2.45) is 0 Å². The summed E-state index contributed by atoms with van der Waals surface area (Å²) in [6, 6.07) is 12.2. The van der Waals surface area contributed by atoms with E-state index >= 15 is 0 Å². The van der Waals surface area contributed by atoms with Crippen molar-refractivity contribution in [3.63, 3.8) is 0 Å². The van der Waals surface area contributed by atoms with E-state index in [9.17, 15) is 14.9 Å². The molecule has 26 heavy (non-hydrogen) atoms. The van der Waals surface area contributed by atoms with Gasteiger partial charge in [0.25, 0.3) is 0 Å². The lowest BCUT2D eigenvalue weighted by Gasteiger charge is -2.09. The van der Waals surface area contributed by atoms with E-state index in [2.05, 4.69) is 0 Å². The second-order valence-corrected chi connectivity index (χ2v) is 5.65. The number of nitrogens with zero attached hydrogens (tertiary/aromatic N) is 2. The van der Waals surface area contributed by atoms with Crippen LogP contribution in [0.4, 0.5) is 5.69 Å². The average molecular weight is 350 g/mol. The molecule has 7 heteroatoms. The molecule has 2 aromatic carbocycles. The Balaban J connectivity index is 2.04. The van der Waals surface area contributed by atoms with Gasteiger partial charge in [0.2, 0.25) is 5.75 Å². The van der Waals surface area contributed by atoms with E-state index in [0.717, 1.165) is 29.9 Å². The Hall–Kier alpha value is -3.66. The zero-order valence-corrected chi connectivity index (χ0v) is 13.9. The predicted molar refractivity (Wildman–Crippen MR) is 94.4 cm³/mol. The van der Waals surface area contributed by atoms with E-state index in [1.54, 1.807) is 12.1 Å². The maximum absolute atomic E-state index is 11.7. The minimum Gasteiger partial charge on any atom is -0.450 e. The van der Waals surface area contributed by atoms with Crippen molar-refractivity contribution in [3.05, 3.63) is 74.1 Å². The van der Waals surface area contributed by atoms with Crippen molar-refractivity contribution in [1.82, 2.24) is 0 Å². The first-order valence-electron chi connectivity index (χ1n) is 7.95. The van der Waals surface area contributed by atoms with Crippen LogP contribution in [0.15, 0.2) is 51.7 Å². The maximum Gasteiger partial charge on any atom is 0.336 e. The molecule has 7 nitrogen and oxygen atoms in total. The third-order valence-corrected chi connectivity index (χ3v) is 3.83. The minimum atomic E-state index is -0.614. The lowest BCUT2D eigenvalue weighted by Crippen LogP contribution is -2.01. The summed E-state index contributed by atoms with van der Waals surface area (Å²) in [5, 5.41) is 20.9. The van der Waals surface area contributed by atoms with Gasteiger partial charge in [-0.1, -0.05) is 13.3 Å². The third-order valence-electron chi connectivity index (χ3n) is 3.83. The fourth-order valence-electron chi connectivity index (χ4n) is 2.69. The molecule has 3 rings (SSSR count). The Labute approximate surface area is 148 Å². The molecule has 1 aromatic heterocycles. The second kappa shape index (κ2) is 7.07. The van der Waals surface area contributed by atoms with Crippen LogP contribution < -0.4 is 10.4 Å². The third kappa shape index (κ3) is 3.39. The first kappa shape index (κ1) is 17.2. The smallest absolute Gasteiger partial charge is 0.336 e. The van der Waals surface area contributed by atoms with Gasteiger partial charge in [-0.3, -0.25) is 10.1 Å². The van der Waals surface area contributed by atoms with Gasteiger partial charge < -0.3 is 9.15 Å². The lowest BCUT2D eigenvalue weighted by molar-refractivity contribution is -0.385. The van der Waals surface area contributed by atoms with Crippen molar-refractivity contribution in [3.8, 4) is 17.6 Å². The monoisotopic (exact) mass is 350 g/mol. The highest BCUT2D eigenvalue weighted by molar-refractivity contribution is 5.81. The number of hydrogen-bond acceptors (Lipinski definition) is 6. The molecule has 0 spiro atoms. The zero-order valence-electron chi connectivity index (χ0n) is 13.9. The molecule has 0 unspecified atom stereocenters. The topological polar surface area (TPSA) is 106 Å². The van der Waals surface area contributed by atoms with Crippen LogP contribution >= 0.6 is 0 Å². The number of nitro benzene ring substituents is 1. The summed E-state index contributed by atoms with van der Waals surface area (Å²) in [6.07, 6.45) is 1.62. The molecule has 1 heterocycles. The van der Waals surface area contributed by atoms with Gasteiger partial charge >= 0.3 is 11.3 Å². The van der Waals surface area contributed by atoms with Crippen molar-refractivity contribution in [2.75, 3.05) is 0 Å². The molecule has 0 amide bonds. The van der Waals surface area contributed by atoms with Crippen LogP contribution in [0.5, 0.6) is 11.5 Å². The minimum absolute atomic E-state index is 0.000379. The Morgan fingerprint density at radius 1 is 1.23 bits per heavy atom. The van der Waals surface area contributed by atoms with Gasteiger partial charge in [-0.25, -0.2) is 4.79 Å². The Bertz CT molecular complexity index is 1100. The summed E-state index contributed by atoms with van der Waals surface area (Å²) in [5.74, 6) is 0.294.